The highest BCUT2D eigenvalue weighted by Gasteiger charge is 2.51. The zero-order chi connectivity index (χ0) is 19.4. The minimum Gasteiger partial charge on any atom is -0.350 e. The molecule has 2 aliphatic rings. The number of rotatable bonds is 6. The summed E-state index contributed by atoms with van der Waals surface area (Å²) in [6.07, 6.45) is 3.99. The zero-order valence-electron chi connectivity index (χ0n) is 15.5. The van der Waals surface area contributed by atoms with Crippen molar-refractivity contribution in [3.8, 4) is 6.07 Å². The van der Waals surface area contributed by atoms with E-state index in [0.717, 1.165) is 18.4 Å². The van der Waals surface area contributed by atoms with Gasteiger partial charge in [-0.05, 0) is 43.9 Å². The first kappa shape index (κ1) is 18.9. The molecule has 1 aliphatic heterocycles. The Morgan fingerprint density at radius 2 is 1.96 bits per heavy atom. The van der Waals surface area contributed by atoms with Crippen molar-refractivity contribution in [3.05, 3.63) is 35.4 Å². The van der Waals surface area contributed by atoms with Crippen LogP contribution in [0.3, 0.4) is 0 Å². The SMILES string of the molecule is CC(NC(=O)CCCN1C(=O)NC2(CCCC2)C1=O)c1ccc(C#N)cc1. The van der Waals surface area contributed by atoms with Gasteiger partial charge in [0.2, 0.25) is 5.91 Å². The molecular formula is C20H24N4O3. The van der Waals surface area contributed by atoms with Crippen molar-refractivity contribution >= 4 is 17.8 Å². The van der Waals surface area contributed by atoms with E-state index in [-0.39, 0.29) is 36.9 Å². The van der Waals surface area contributed by atoms with Crippen LogP contribution in [0.5, 0.6) is 0 Å². The van der Waals surface area contributed by atoms with Gasteiger partial charge in [0.05, 0.1) is 17.7 Å². The summed E-state index contributed by atoms with van der Waals surface area (Å²) in [7, 11) is 0. The summed E-state index contributed by atoms with van der Waals surface area (Å²) in [4.78, 5) is 38.1. The molecule has 1 saturated carbocycles. The molecule has 0 aromatic heterocycles. The molecule has 7 nitrogen and oxygen atoms in total. The van der Waals surface area contributed by atoms with Crippen molar-refractivity contribution < 1.29 is 14.4 Å². The molecule has 1 atom stereocenters. The maximum absolute atomic E-state index is 12.5. The number of hydrogen-bond acceptors (Lipinski definition) is 4. The Labute approximate surface area is 158 Å². The summed E-state index contributed by atoms with van der Waals surface area (Å²) >= 11 is 0. The monoisotopic (exact) mass is 368 g/mol. The Hall–Kier alpha value is -2.88. The fourth-order valence-corrected chi connectivity index (χ4v) is 3.84. The van der Waals surface area contributed by atoms with Crippen molar-refractivity contribution in [3.63, 3.8) is 0 Å². The lowest BCUT2D eigenvalue weighted by Gasteiger charge is -2.20. The summed E-state index contributed by atoms with van der Waals surface area (Å²) in [5.74, 6) is -0.272. The number of carbonyl (C=O) groups is 3. The van der Waals surface area contributed by atoms with E-state index in [9.17, 15) is 14.4 Å². The first-order chi connectivity index (χ1) is 12.9. The predicted molar refractivity (Wildman–Crippen MR) is 98.4 cm³/mol. The van der Waals surface area contributed by atoms with Gasteiger partial charge in [0.25, 0.3) is 5.91 Å². The number of imide groups is 1. The van der Waals surface area contributed by atoms with Crippen LogP contribution in [0.15, 0.2) is 24.3 Å². The Kier molecular flexibility index (Phi) is 5.45. The zero-order valence-corrected chi connectivity index (χ0v) is 15.5. The maximum Gasteiger partial charge on any atom is 0.325 e. The van der Waals surface area contributed by atoms with Gasteiger partial charge in [-0.3, -0.25) is 14.5 Å². The molecule has 27 heavy (non-hydrogen) atoms. The van der Waals surface area contributed by atoms with Gasteiger partial charge in [0.15, 0.2) is 0 Å². The van der Waals surface area contributed by atoms with E-state index in [4.69, 9.17) is 5.26 Å². The Bertz CT molecular complexity index is 775. The van der Waals surface area contributed by atoms with Crippen LogP contribution in [-0.4, -0.2) is 34.8 Å². The summed E-state index contributed by atoms with van der Waals surface area (Å²) in [5, 5.41) is 14.6. The Morgan fingerprint density at radius 3 is 2.59 bits per heavy atom. The van der Waals surface area contributed by atoms with Gasteiger partial charge >= 0.3 is 6.03 Å². The molecule has 4 amide bonds. The van der Waals surface area contributed by atoms with Crippen molar-refractivity contribution in [2.75, 3.05) is 6.54 Å². The van der Waals surface area contributed by atoms with E-state index in [1.807, 2.05) is 19.1 Å². The first-order valence-electron chi connectivity index (χ1n) is 9.39. The lowest BCUT2D eigenvalue weighted by Crippen LogP contribution is -2.44. The molecule has 2 N–H and O–H groups in total. The third kappa shape index (κ3) is 3.95. The fourth-order valence-electron chi connectivity index (χ4n) is 3.84. The quantitative estimate of drug-likeness (QED) is 0.753. The molecule has 1 saturated heterocycles. The topological polar surface area (TPSA) is 102 Å². The van der Waals surface area contributed by atoms with Crippen molar-refractivity contribution in [1.82, 2.24) is 15.5 Å². The molecule has 1 aliphatic carbocycles. The smallest absolute Gasteiger partial charge is 0.325 e. The molecule has 0 bridgehead atoms. The second-order valence-corrected chi connectivity index (χ2v) is 7.30. The van der Waals surface area contributed by atoms with Gasteiger partial charge in [-0.15, -0.1) is 0 Å². The van der Waals surface area contributed by atoms with Crippen LogP contribution in [0.1, 0.15) is 62.6 Å². The number of urea groups is 1. The van der Waals surface area contributed by atoms with Crippen molar-refractivity contribution in [1.29, 1.82) is 5.26 Å². The molecule has 1 aromatic carbocycles. The highest BCUT2D eigenvalue weighted by molar-refractivity contribution is 6.07. The molecule has 1 heterocycles. The van der Waals surface area contributed by atoms with Gasteiger partial charge in [-0.25, -0.2) is 4.79 Å². The van der Waals surface area contributed by atoms with Crippen LogP contribution in [0, 0.1) is 11.3 Å². The average molecular weight is 368 g/mol. The Balaban J connectivity index is 1.46. The largest absolute Gasteiger partial charge is 0.350 e. The second kappa shape index (κ2) is 7.78. The normalized spacial score (nSPS) is 19.0. The highest BCUT2D eigenvalue weighted by atomic mass is 16.2. The van der Waals surface area contributed by atoms with Crippen molar-refractivity contribution in [2.24, 2.45) is 0 Å². The van der Waals surface area contributed by atoms with Crippen LogP contribution >= 0.6 is 0 Å². The minimum atomic E-state index is -0.691. The van der Waals surface area contributed by atoms with E-state index in [2.05, 4.69) is 16.7 Å². The van der Waals surface area contributed by atoms with E-state index < -0.39 is 5.54 Å². The number of amides is 4. The second-order valence-electron chi connectivity index (χ2n) is 7.30. The van der Waals surface area contributed by atoms with Gasteiger partial charge in [0, 0.05) is 13.0 Å². The molecule has 2 fully saturated rings. The van der Waals surface area contributed by atoms with Gasteiger partial charge in [-0.2, -0.15) is 5.26 Å². The molecule has 1 spiro atoms. The standard InChI is InChI=1S/C20H24N4O3/c1-14(16-8-6-15(13-21)7-9-16)22-17(25)5-4-12-24-18(26)20(23-19(24)27)10-2-3-11-20/h6-9,14H,2-5,10-12H2,1H3,(H,22,25)(H,23,27). The van der Waals surface area contributed by atoms with E-state index >= 15 is 0 Å². The summed E-state index contributed by atoms with van der Waals surface area (Å²) in [5.41, 5.74) is 0.800. The van der Waals surface area contributed by atoms with Crippen molar-refractivity contribution in [2.45, 2.75) is 57.0 Å². The summed E-state index contributed by atoms with van der Waals surface area (Å²) in [6, 6.07) is 8.61. The summed E-state index contributed by atoms with van der Waals surface area (Å²) in [6.45, 7) is 2.13. The van der Waals surface area contributed by atoms with E-state index in [1.165, 1.54) is 4.90 Å². The number of carbonyl (C=O) groups excluding carboxylic acids is 3. The molecule has 0 radical (unpaired) electrons. The lowest BCUT2D eigenvalue weighted by molar-refractivity contribution is -0.131. The van der Waals surface area contributed by atoms with Crippen LogP contribution in [0.25, 0.3) is 0 Å². The Morgan fingerprint density at radius 1 is 1.30 bits per heavy atom. The minimum absolute atomic E-state index is 0.130. The average Bonchev–Trinajstić information content (AvgIpc) is 3.22. The van der Waals surface area contributed by atoms with Crippen LogP contribution in [0.4, 0.5) is 4.79 Å². The van der Waals surface area contributed by atoms with E-state index in [1.54, 1.807) is 12.1 Å². The maximum atomic E-state index is 12.5. The molecule has 7 heteroatoms. The first-order valence-corrected chi connectivity index (χ1v) is 9.39. The van der Waals surface area contributed by atoms with Gasteiger partial charge in [0.1, 0.15) is 5.54 Å². The van der Waals surface area contributed by atoms with Crippen LogP contribution in [-0.2, 0) is 9.59 Å². The molecule has 1 unspecified atom stereocenters. The molecular weight excluding hydrogens is 344 g/mol. The predicted octanol–water partition coefficient (Wildman–Crippen LogP) is 2.38. The third-order valence-corrected chi connectivity index (χ3v) is 5.41. The van der Waals surface area contributed by atoms with Crippen LogP contribution in [0.2, 0.25) is 0 Å². The van der Waals surface area contributed by atoms with Crippen LogP contribution < -0.4 is 10.6 Å². The third-order valence-electron chi connectivity index (χ3n) is 5.41. The fraction of sp³-hybridized carbons (Fsp3) is 0.500. The number of nitrogens with zero attached hydrogens (tertiary/aromatic N) is 2. The molecule has 142 valence electrons. The van der Waals surface area contributed by atoms with Gasteiger partial charge < -0.3 is 10.6 Å². The lowest BCUT2D eigenvalue weighted by atomic mass is 9.98. The number of benzene rings is 1. The molecule has 1 aromatic rings. The number of nitriles is 1. The molecule has 3 rings (SSSR count). The highest BCUT2D eigenvalue weighted by Crippen LogP contribution is 2.35. The summed E-state index contributed by atoms with van der Waals surface area (Å²) < 4.78 is 0. The number of nitrogens with one attached hydrogen (secondary N) is 2. The van der Waals surface area contributed by atoms with Gasteiger partial charge in [-0.1, -0.05) is 25.0 Å². The number of hydrogen-bond donors (Lipinski definition) is 2. The van der Waals surface area contributed by atoms with E-state index in [0.29, 0.717) is 24.8 Å².